The van der Waals surface area contributed by atoms with Gasteiger partial charge in [0.1, 0.15) is 0 Å². The SMILES string of the molecule is CCCNCC(C)Sc1ccc2c(c1)CCC2. The lowest BCUT2D eigenvalue weighted by Crippen LogP contribution is -2.23. The van der Waals surface area contributed by atoms with Gasteiger partial charge >= 0.3 is 0 Å². The minimum atomic E-state index is 0.654. The van der Waals surface area contributed by atoms with Gasteiger partial charge in [0.25, 0.3) is 0 Å². The monoisotopic (exact) mass is 249 g/mol. The van der Waals surface area contributed by atoms with E-state index in [0.29, 0.717) is 5.25 Å². The summed E-state index contributed by atoms with van der Waals surface area (Å²) in [6.45, 7) is 6.76. The normalized spacial score (nSPS) is 15.9. The molecule has 0 heterocycles. The van der Waals surface area contributed by atoms with E-state index in [0.717, 1.165) is 13.1 Å². The summed E-state index contributed by atoms with van der Waals surface area (Å²) < 4.78 is 0. The summed E-state index contributed by atoms with van der Waals surface area (Å²) in [4.78, 5) is 1.44. The zero-order valence-electron chi connectivity index (χ0n) is 11.0. The molecule has 1 N–H and O–H groups in total. The van der Waals surface area contributed by atoms with E-state index in [9.17, 15) is 0 Å². The van der Waals surface area contributed by atoms with Crippen LogP contribution in [0.4, 0.5) is 0 Å². The van der Waals surface area contributed by atoms with Crippen LogP contribution in [0.2, 0.25) is 0 Å². The Morgan fingerprint density at radius 3 is 2.94 bits per heavy atom. The van der Waals surface area contributed by atoms with Crippen molar-refractivity contribution >= 4 is 11.8 Å². The predicted octanol–water partition coefficient (Wildman–Crippen LogP) is 3.66. The van der Waals surface area contributed by atoms with Gasteiger partial charge in [-0.2, -0.15) is 0 Å². The Hall–Kier alpha value is -0.470. The van der Waals surface area contributed by atoms with E-state index >= 15 is 0 Å². The Bertz CT molecular complexity index is 362. The molecule has 0 aliphatic heterocycles. The number of thioether (sulfide) groups is 1. The third-order valence-corrected chi connectivity index (χ3v) is 4.36. The fraction of sp³-hybridized carbons (Fsp3) is 0.600. The largest absolute Gasteiger partial charge is 0.316 e. The first kappa shape index (κ1) is 13.0. The Kier molecular flexibility index (Phi) is 4.93. The lowest BCUT2D eigenvalue weighted by atomic mass is 10.1. The van der Waals surface area contributed by atoms with Gasteiger partial charge in [0, 0.05) is 16.7 Å². The Balaban J connectivity index is 1.86. The highest BCUT2D eigenvalue weighted by atomic mass is 32.2. The quantitative estimate of drug-likeness (QED) is 0.610. The summed E-state index contributed by atoms with van der Waals surface area (Å²) in [6, 6.07) is 7.03. The van der Waals surface area contributed by atoms with Crippen molar-refractivity contribution in [3.05, 3.63) is 29.3 Å². The van der Waals surface area contributed by atoms with Crippen LogP contribution in [0.25, 0.3) is 0 Å². The molecule has 1 aliphatic rings. The molecule has 17 heavy (non-hydrogen) atoms. The maximum absolute atomic E-state index is 3.49. The van der Waals surface area contributed by atoms with Gasteiger partial charge in [-0.25, -0.2) is 0 Å². The average Bonchev–Trinajstić information content (AvgIpc) is 2.76. The molecule has 2 rings (SSSR count). The number of fused-ring (bicyclic) bond motifs is 1. The second kappa shape index (κ2) is 6.46. The Labute approximate surface area is 109 Å². The van der Waals surface area contributed by atoms with Crippen molar-refractivity contribution in [1.29, 1.82) is 0 Å². The molecule has 0 aromatic heterocycles. The molecule has 0 saturated carbocycles. The van der Waals surface area contributed by atoms with E-state index in [1.54, 1.807) is 11.1 Å². The van der Waals surface area contributed by atoms with Crippen LogP contribution in [-0.2, 0) is 12.8 Å². The van der Waals surface area contributed by atoms with Crippen molar-refractivity contribution < 1.29 is 0 Å². The van der Waals surface area contributed by atoms with E-state index in [4.69, 9.17) is 0 Å². The first-order chi connectivity index (χ1) is 8.29. The van der Waals surface area contributed by atoms with Crippen LogP contribution >= 0.6 is 11.8 Å². The molecule has 1 aromatic carbocycles. The van der Waals surface area contributed by atoms with E-state index in [1.165, 1.54) is 30.6 Å². The molecular formula is C15H23NS. The van der Waals surface area contributed by atoms with Crippen molar-refractivity contribution in [2.24, 2.45) is 0 Å². The van der Waals surface area contributed by atoms with Crippen LogP contribution in [0.1, 0.15) is 37.8 Å². The minimum Gasteiger partial charge on any atom is -0.316 e. The highest BCUT2D eigenvalue weighted by Gasteiger charge is 2.12. The fourth-order valence-corrected chi connectivity index (χ4v) is 3.40. The Morgan fingerprint density at radius 1 is 1.29 bits per heavy atom. The minimum absolute atomic E-state index is 0.654. The van der Waals surface area contributed by atoms with Crippen LogP contribution < -0.4 is 5.32 Å². The topological polar surface area (TPSA) is 12.0 Å². The van der Waals surface area contributed by atoms with Gasteiger partial charge in [0.15, 0.2) is 0 Å². The maximum Gasteiger partial charge on any atom is 0.0191 e. The molecule has 1 atom stereocenters. The predicted molar refractivity (Wildman–Crippen MR) is 76.9 cm³/mol. The maximum atomic E-state index is 3.49. The van der Waals surface area contributed by atoms with Crippen molar-refractivity contribution in [2.45, 2.75) is 49.7 Å². The van der Waals surface area contributed by atoms with Gasteiger partial charge in [0.05, 0.1) is 0 Å². The molecule has 1 aromatic rings. The molecule has 0 saturated heterocycles. The van der Waals surface area contributed by atoms with Crippen molar-refractivity contribution in [1.82, 2.24) is 5.32 Å². The lowest BCUT2D eigenvalue weighted by molar-refractivity contribution is 0.669. The first-order valence-electron chi connectivity index (χ1n) is 6.78. The zero-order valence-corrected chi connectivity index (χ0v) is 11.8. The zero-order chi connectivity index (χ0) is 12.1. The summed E-state index contributed by atoms with van der Waals surface area (Å²) >= 11 is 2.00. The van der Waals surface area contributed by atoms with Gasteiger partial charge in [-0.15, -0.1) is 11.8 Å². The highest BCUT2D eigenvalue weighted by molar-refractivity contribution is 8.00. The van der Waals surface area contributed by atoms with Crippen LogP contribution in [-0.4, -0.2) is 18.3 Å². The molecule has 94 valence electrons. The van der Waals surface area contributed by atoms with Crippen LogP contribution in [0.5, 0.6) is 0 Å². The molecule has 0 spiro atoms. The highest BCUT2D eigenvalue weighted by Crippen LogP contribution is 2.29. The smallest absolute Gasteiger partial charge is 0.0191 e. The van der Waals surface area contributed by atoms with Gasteiger partial charge in [-0.1, -0.05) is 19.9 Å². The molecule has 2 heteroatoms. The van der Waals surface area contributed by atoms with Gasteiger partial charge in [0.2, 0.25) is 0 Å². The van der Waals surface area contributed by atoms with E-state index < -0.39 is 0 Å². The summed E-state index contributed by atoms with van der Waals surface area (Å²) in [6.07, 6.45) is 5.13. The second-order valence-corrected chi connectivity index (χ2v) is 6.43. The number of aryl methyl sites for hydroxylation is 2. The molecule has 0 fully saturated rings. The number of benzene rings is 1. The van der Waals surface area contributed by atoms with Gasteiger partial charge in [-0.3, -0.25) is 0 Å². The summed E-state index contributed by atoms with van der Waals surface area (Å²) in [5.41, 5.74) is 3.16. The van der Waals surface area contributed by atoms with Crippen LogP contribution in [0.3, 0.4) is 0 Å². The molecule has 1 nitrogen and oxygen atoms in total. The average molecular weight is 249 g/mol. The molecule has 0 radical (unpaired) electrons. The second-order valence-electron chi connectivity index (χ2n) is 4.92. The van der Waals surface area contributed by atoms with E-state index in [-0.39, 0.29) is 0 Å². The number of hydrogen-bond donors (Lipinski definition) is 1. The standard InChI is InChI=1S/C15H23NS/c1-3-9-16-11-12(2)17-15-8-7-13-5-4-6-14(13)10-15/h7-8,10,12,16H,3-6,9,11H2,1-2H3. The van der Waals surface area contributed by atoms with Crippen molar-refractivity contribution in [3.63, 3.8) is 0 Å². The summed E-state index contributed by atoms with van der Waals surface area (Å²) in [5.74, 6) is 0. The molecule has 0 amide bonds. The number of nitrogens with one attached hydrogen (secondary N) is 1. The number of hydrogen-bond acceptors (Lipinski definition) is 2. The third-order valence-electron chi connectivity index (χ3n) is 3.27. The van der Waals surface area contributed by atoms with Crippen LogP contribution in [0.15, 0.2) is 23.1 Å². The van der Waals surface area contributed by atoms with Crippen molar-refractivity contribution in [3.8, 4) is 0 Å². The number of rotatable bonds is 6. The fourth-order valence-electron chi connectivity index (χ4n) is 2.38. The van der Waals surface area contributed by atoms with Gasteiger partial charge < -0.3 is 5.32 Å². The van der Waals surface area contributed by atoms with E-state index in [2.05, 4.69) is 37.4 Å². The summed E-state index contributed by atoms with van der Waals surface area (Å²) in [7, 11) is 0. The third kappa shape index (κ3) is 3.75. The first-order valence-corrected chi connectivity index (χ1v) is 7.66. The molecule has 1 aliphatic carbocycles. The van der Waals surface area contributed by atoms with Crippen molar-refractivity contribution in [2.75, 3.05) is 13.1 Å². The molecular weight excluding hydrogens is 226 g/mol. The van der Waals surface area contributed by atoms with Crippen LogP contribution in [0, 0.1) is 0 Å². The van der Waals surface area contributed by atoms with Gasteiger partial charge in [-0.05, 0) is 55.5 Å². The lowest BCUT2D eigenvalue weighted by Gasteiger charge is -2.12. The molecule has 1 unspecified atom stereocenters. The molecule has 0 bridgehead atoms. The Morgan fingerprint density at radius 2 is 2.12 bits per heavy atom. The summed E-state index contributed by atoms with van der Waals surface area (Å²) in [5, 5.41) is 4.14. The van der Waals surface area contributed by atoms with E-state index in [1.807, 2.05) is 11.8 Å².